The zero-order valence-corrected chi connectivity index (χ0v) is 11.2. The predicted octanol–water partition coefficient (Wildman–Crippen LogP) is 2.69. The molecule has 2 aromatic rings. The van der Waals surface area contributed by atoms with Gasteiger partial charge in [-0.1, -0.05) is 30.3 Å². The Kier molecular flexibility index (Phi) is 4.63. The van der Waals surface area contributed by atoms with Gasteiger partial charge in [-0.05, 0) is 25.0 Å². The summed E-state index contributed by atoms with van der Waals surface area (Å²) in [6, 6.07) is 7.02. The number of benzene rings is 1. The number of hydrogen-bond donors (Lipinski definition) is 1. The van der Waals surface area contributed by atoms with E-state index in [0.717, 1.165) is 6.42 Å². The molecule has 0 fully saturated rings. The van der Waals surface area contributed by atoms with Crippen LogP contribution in [0.1, 0.15) is 37.5 Å². The topological polar surface area (TPSA) is 51.0 Å². The number of hydrogen-bond acceptors (Lipinski definition) is 4. The average molecular weight is 263 g/mol. The third-order valence-corrected chi connectivity index (χ3v) is 3.03. The maximum atomic E-state index is 13.5. The molecule has 1 heterocycles. The minimum absolute atomic E-state index is 0.244. The third kappa shape index (κ3) is 3.86. The lowest BCUT2D eigenvalue weighted by Crippen LogP contribution is -2.24. The third-order valence-electron chi connectivity index (χ3n) is 3.03. The van der Waals surface area contributed by atoms with Crippen LogP contribution in [0.15, 0.2) is 28.8 Å². The van der Waals surface area contributed by atoms with Gasteiger partial charge in [-0.3, -0.25) is 0 Å². The van der Waals surface area contributed by atoms with E-state index in [-0.39, 0.29) is 5.82 Å². The van der Waals surface area contributed by atoms with Crippen molar-refractivity contribution in [3.8, 4) is 0 Å². The van der Waals surface area contributed by atoms with E-state index in [4.69, 9.17) is 4.52 Å². The van der Waals surface area contributed by atoms with Crippen molar-refractivity contribution in [1.29, 1.82) is 0 Å². The van der Waals surface area contributed by atoms with E-state index in [1.165, 1.54) is 6.07 Å². The molecule has 0 bridgehead atoms. The van der Waals surface area contributed by atoms with Crippen molar-refractivity contribution in [3.05, 3.63) is 47.4 Å². The van der Waals surface area contributed by atoms with Gasteiger partial charge < -0.3 is 9.84 Å². The van der Waals surface area contributed by atoms with Gasteiger partial charge in [0.15, 0.2) is 5.82 Å². The highest BCUT2D eigenvalue weighted by molar-refractivity contribution is 5.20. The van der Waals surface area contributed by atoms with Crippen LogP contribution in [-0.2, 0) is 13.0 Å². The van der Waals surface area contributed by atoms with Crippen LogP contribution in [0.2, 0.25) is 0 Å². The average Bonchev–Trinajstić information content (AvgIpc) is 2.86. The first kappa shape index (κ1) is 13.7. The largest absolute Gasteiger partial charge is 0.338 e. The molecule has 1 aromatic carbocycles. The molecule has 102 valence electrons. The number of nitrogens with zero attached hydrogens (tertiary/aromatic N) is 2. The molecule has 2 rings (SSSR count). The lowest BCUT2D eigenvalue weighted by molar-refractivity contribution is 0.354. The lowest BCUT2D eigenvalue weighted by Gasteiger charge is -2.07. The summed E-state index contributed by atoms with van der Waals surface area (Å²) in [6.07, 6.45) is 1.38. The molecule has 0 aliphatic rings. The van der Waals surface area contributed by atoms with Crippen molar-refractivity contribution in [2.24, 2.45) is 0 Å². The fourth-order valence-corrected chi connectivity index (χ4v) is 1.65. The molecule has 4 nitrogen and oxygen atoms in total. The van der Waals surface area contributed by atoms with Crippen LogP contribution in [0.4, 0.5) is 4.39 Å². The maximum absolute atomic E-state index is 13.5. The number of nitrogens with one attached hydrogen (secondary N) is 1. The highest BCUT2D eigenvalue weighted by Gasteiger charge is 2.10. The fourth-order valence-electron chi connectivity index (χ4n) is 1.65. The fraction of sp³-hybridized carbons (Fsp3) is 0.429. The van der Waals surface area contributed by atoms with Crippen molar-refractivity contribution in [3.63, 3.8) is 0 Å². The second kappa shape index (κ2) is 6.43. The Balaban J connectivity index is 1.96. The zero-order chi connectivity index (χ0) is 13.7. The van der Waals surface area contributed by atoms with E-state index in [1.807, 2.05) is 0 Å². The van der Waals surface area contributed by atoms with Gasteiger partial charge in [0.05, 0.1) is 6.54 Å². The number of halogens is 1. The van der Waals surface area contributed by atoms with Crippen LogP contribution in [0.25, 0.3) is 0 Å². The summed E-state index contributed by atoms with van der Waals surface area (Å²) in [5.74, 6) is 0.796. The molecule has 0 saturated heterocycles. The molecule has 0 radical (unpaired) electrons. The van der Waals surface area contributed by atoms with Gasteiger partial charge in [-0.2, -0.15) is 4.98 Å². The maximum Gasteiger partial charge on any atom is 0.240 e. The summed E-state index contributed by atoms with van der Waals surface area (Å²) in [7, 11) is 0. The predicted molar refractivity (Wildman–Crippen MR) is 70.1 cm³/mol. The normalized spacial score (nSPS) is 12.6. The summed E-state index contributed by atoms with van der Waals surface area (Å²) < 4.78 is 18.6. The Morgan fingerprint density at radius 3 is 2.89 bits per heavy atom. The van der Waals surface area contributed by atoms with Gasteiger partial charge >= 0.3 is 0 Å². The van der Waals surface area contributed by atoms with Crippen molar-refractivity contribution in [1.82, 2.24) is 15.5 Å². The van der Waals surface area contributed by atoms with E-state index < -0.39 is 0 Å². The molecule has 19 heavy (non-hydrogen) atoms. The molecular weight excluding hydrogens is 245 g/mol. The Morgan fingerprint density at radius 2 is 2.16 bits per heavy atom. The van der Waals surface area contributed by atoms with Crippen molar-refractivity contribution < 1.29 is 8.91 Å². The standard InChI is InChI=1S/C14H18FN3O/c1-3-10(2)16-9-14-17-13(18-19-14)8-11-6-4-5-7-12(11)15/h4-7,10,16H,3,8-9H2,1-2H3. The van der Waals surface area contributed by atoms with E-state index >= 15 is 0 Å². The Labute approximate surface area is 112 Å². The molecule has 1 atom stereocenters. The first-order chi connectivity index (χ1) is 9.19. The monoisotopic (exact) mass is 263 g/mol. The smallest absolute Gasteiger partial charge is 0.240 e. The van der Waals surface area contributed by atoms with Gasteiger partial charge in [0.2, 0.25) is 5.89 Å². The molecular formula is C14H18FN3O. The van der Waals surface area contributed by atoms with E-state index in [1.54, 1.807) is 18.2 Å². The van der Waals surface area contributed by atoms with E-state index in [2.05, 4.69) is 29.3 Å². The Hall–Kier alpha value is -1.75. The SMILES string of the molecule is CCC(C)NCc1nc(Cc2ccccc2F)no1. The van der Waals surface area contributed by atoms with Crippen LogP contribution in [-0.4, -0.2) is 16.2 Å². The highest BCUT2D eigenvalue weighted by atomic mass is 19.1. The molecule has 0 saturated carbocycles. The summed E-state index contributed by atoms with van der Waals surface area (Å²) in [5.41, 5.74) is 0.574. The molecule has 1 N–H and O–H groups in total. The minimum Gasteiger partial charge on any atom is -0.338 e. The molecule has 0 aliphatic heterocycles. The molecule has 1 aromatic heterocycles. The van der Waals surface area contributed by atoms with E-state index in [0.29, 0.717) is 36.3 Å². The molecule has 0 amide bonds. The summed E-state index contributed by atoms with van der Waals surface area (Å²) in [5, 5.41) is 7.13. The van der Waals surface area contributed by atoms with Crippen LogP contribution < -0.4 is 5.32 Å². The van der Waals surface area contributed by atoms with Crippen molar-refractivity contribution >= 4 is 0 Å². The minimum atomic E-state index is -0.244. The van der Waals surface area contributed by atoms with E-state index in [9.17, 15) is 4.39 Å². The van der Waals surface area contributed by atoms with Gasteiger partial charge in [0.1, 0.15) is 5.82 Å². The van der Waals surface area contributed by atoms with Crippen LogP contribution in [0.5, 0.6) is 0 Å². The lowest BCUT2D eigenvalue weighted by atomic mass is 10.1. The molecule has 1 unspecified atom stereocenters. The summed E-state index contributed by atoms with van der Waals surface area (Å²) in [4.78, 5) is 4.25. The second-order valence-corrected chi connectivity index (χ2v) is 4.56. The number of rotatable bonds is 6. The van der Waals surface area contributed by atoms with Crippen LogP contribution in [0.3, 0.4) is 0 Å². The Bertz CT molecular complexity index is 527. The van der Waals surface area contributed by atoms with Crippen LogP contribution >= 0.6 is 0 Å². The van der Waals surface area contributed by atoms with Crippen LogP contribution in [0, 0.1) is 5.82 Å². The first-order valence-corrected chi connectivity index (χ1v) is 6.47. The Morgan fingerprint density at radius 1 is 1.37 bits per heavy atom. The second-order valence-electron chi connectivity index (χ2n) is 4.56. The quantitative estimate of drug-likeness (QED) is 0.870. The summed E-state index contributed by atoms with van der Waals surface area (Å²) in [6.45, 7) is 4.74. The molecule has 0 spiro atoms. The zero-order valence-electron chi connectivity index (χ0n) is 11.2. The first-order valence-electron chi connectivity index (χ1n) is 6.47. The van der Waals surface area contributed by atoms with Gasteiger partial charge in [-0.15, -0.1) is 0 Å². The molecule has 5 heteroatoms. The van der Waals surface area contributed by atoms with Gasteiger partial charge in [0.25, 0.3) is 0 Å². The van der Waals surface area contributed by atoms with Gasteiger partial charge in [0, 0.05) is 12.5 Å². The van der Waals surface area contributed by atoms with Crippen molar-refractivity contribution in [2.75, 3.05) is 0 Å². The molecule has 0 aliphatic carbocycles. The summed E-state index contributed by atoms with van der Waals surface area (Å²) >= 11 is 0. The van der Waals surface area contributed by atoms with Crippen molar-refractivity contribution in [2.45, 2.75) is 39.3 Å². The van der Waals surface area contributed by atoms with Gasteiger partial charge in [-0.25, -0.2) is 4.39 Å². The highest BCUT2D eigenvalue weighted by Crippen LogP contribution is 2.11. The number of aromatic nitrogens is 2.